The van der Waals surface area contributed by atoms with Crippen molar-refractivity contribution in [2.24, 2.45) is 7.05 Å². The van der Waals surface area contributed by atoms with E-state index in [0.29, 0.717) is 29.5 Å². The molecule has 0 amide bonds. The number of aromatic amines is 1. The second-order valence-electron chi connectivity index (χ2n) is 9.00. The van der Waals surface area contributed by atoms with Crippen LogP contribution in [0.15, 0.2) is 27.9 Å². The standard InChI is InChI=1S/C25H36N6O2S/c1-5-8-20-22-23(31(4)29-20)25(32)28-24(27-22)19-16-18(10-11-21(19)33-15-6-2)34-26-13-12-17-9-7-14-30(17)3/h10-11,16-17,26H,5-9,12-15H2,1-4H3,(H,27,28,32). The lowest BCUT2D eigenvalue weighted by atomic mass is 10.1. The molecule has 1 aliphatic heterocycles. The van der Waals surface area contributed by atoms with Gasteiger partial charge < -0.3 is 14.6 Å². The summed E-state index contributed by atoms with van der Waals surface area (Å²) in [6, 6.07) is 6.74. The molecule has 1 fully saturated rings. The first-order valence-corrected chi connectivity index (χ1v) is 13.2. The van der Waals surface area contributed by atoms with Gasteiger partial charge in [0.15, 0.2) is 5.52 Å². The van der Waals surface area contributed by atoms with Gasteiger partial charge in [0.2, 0.25) is 0 Å². The zero-order chi connectivity index (χ0) is 24.1. The van der Waals surface area contributed by atoms with Crippen LogP contribution >= 0.6 is 11.9 Å². The molecule has 184 valence electrons. The molecule has 1 atom stereocenters. The van der Waals surface area contributed by atoms with E-state index < -0.39 is 0 Å². The van der Waals surface area contributed by atoms with E-state index in [1.54, 1.807) is 23.7 Å². The molecule has 0 bridgehead atoms. The number of nitrogens with zero attached hydrogens (tertiary/aromatic N) is 4. The van der Waals surface area contributed by atoms with Crippen molar-refractivity contribution in [1.29, 1.82) is 0 Å². The molecule has 3 heterocycles. The molecular formula is C25H36N6O2S. The minimum atomic E-state index is -0.185. The number of likely N-dealkylation sites (tertiary alicyclic amines) is 1. The fourth-order valence-electron chi connectivity index (χ4n) is 4.58. The van der Waals surface area contributed by atoms with Crippen molar-refractivity contribution in [3.8, 4) is 17.1 Å². The second-order valence-corrected chi connectivity index (χ2v) is 9.96. The van der Waals surface area contributed by atoms with Crippen LogP contribution < -0.4 is 15.0 Å². The van der Waals surface area contributed by atoms with E-state index in [2.05, 4.69) is 46.7 Å². The van der Waals surface area contributed by atoms with Crippen LogP contribution in [0, 0.1) is 0 Å². The maximum absolute atomic E-state index is 13.0. The van der Waals surface area contributed by atoms with Crippen molar-refractivity contribution in [2.75, 3.05) is 26.7 Å². The van der Waals surface area contributed by atoms with Crippen LogP contribution in [0.2, 0.25) is 0 Å². The molecule has 34 heavy (non-hydrogen) atoms. The first kappa shape index (κ1) is 24.8. The van der Waals surface area contributed by atoms with Crippen molar-refractivity contribution in [3.05, 3.63) is 34.2 Å². The Morgan fingerprint density at radius 1 is 1.26 bits per heavy atom. The van der Waals surface area contributed by atoms with Gasteiger partial charge in [-0.15, -0.1) is 0 Å². The highest BCUT2D eigenvalue weighted by molar-refractivity contribution is 7.97. The Bertz CT molecular complexity index is 1170. The highest BCUT2D eigenvalue weighted by Crippen LogP contribution is 2.32. The van der Waals surface area contributed by atoms with Crippen LogP contribution in [0.3, 0.4) is 0 Å². The number of H-pyrrole nitrogens is 1. The smallest absolute Gasteiger partial charge is 0.277 e. The van der Waals surface area contributed by atoms with Crippen LogP contribution in [0.4, 0.5) is 0 Å². The molecule has 1 aromatic carbocycles. The Labute approximate surface area is 205 Å². The molecule has 4 rings (SSSR count). The average Bonchev–Trinajstić information content (AvgIpc) is 3.38. The van der Waals surface area contributed by atoms with E-state index in [4.69, 9.17) is 9.72 Å². The molecule has 2 N–H and O–H groups in total. The molecular weight excluding hydrogens is 448 g/mol. The lowest BCUT2D eigenvalue weighted by Crippen LogP contribution is -2.27. The van der Waals surface area contributed by atoms with Crippen molar-refractivity contribution >= 4 is 23.0 Å². The lowest BCUT2D eigenvalue weighted by molar-refractivity contribution is 0.298. The zero-order valence-corrected chi connectivity index (χ0v) is 21.5. The van der Waals surface area contributed by atoms with Gasteiger partial charge in [0.1, 0.15) is 17.1 Å². The highest BCUT2D eigenvalue weighted by atomic mass is 32.2. The van der Waals surface area contributed by atoms with Gasteiger partial charge in [0.25, 0.3) is 5.56 Å². The SMILES string of the molecule is CCCOc1ccc(SNCCC2CCCN2C)cc1-c1nc2c(CCC)nn(C)c2c(=O)[nH]1. The first-order chi connectivity index (χ1) is 16.5. The lowest BCUT2D eigenvalue weighted by Gasteiger charge is -2.19. The molecule has 2 aromatic heterocycles. The molecule has 0 radical (unpaired) electrons. The minimum Gasteiger partial charge on any atom is -0.493 e. The zero-order valence-electron chi connectivity index (χ0n) is 20.7. The van der Waals surface area contributed by atoms with E-state index in [9.17, 15) is 4.79 Å². The summed E-state index contributed by atoms with van der Waals surface area (Å²) in [6.07, 6.45) is 6.34. The Hall–Kier alpha value is -2.36. The Kier molecular flexibility index (Phi) is 8.28. The van der Waals surface area contributed by atoms with Crippen LogP contribution in [0.5, 0.6) is 5.75 Å². The monoisotopic (exact) mass is 484 g/mol. The quantitative estimate of drug-likeness (QED) is 0.312. The molecule has 9 heteroatoms. The fourth-order valence-corrected chi connectivity index (χ4v) is 5.28. The number of rotatable bonds is 11. The number of nitrogens with one attached hydrogen (secondary N) is 2. The van der Waals surface area contributed by atoms with Crippen LogP contribution in [-0.4, -0.2) is 57.4 Å². The summed E-state index contributed by atoms with van der Waals surface area (Å²) in [5, 5.41) is 4.54. The maximum Gasteiger partial charge on any atom is 0.277 e. The van der Waals surface area contributed by atoms with Gasteiger partial charge in [-0.3, -0.25) is 14.2 Å². The molecule has 1 unspecified atom stereocenters. The molecule has 3 aromatic rings. The molecule has 1 saturated heterocycles. The summed E-state index contributed by atoms with van der Waals surface area (Å²) in [6.45, 7) is 6.93. The number of hydrogen-bond donors (Lipinski definition) is 2. The predicted octanol–water partition coefficient (Wildman–Crippen LogP) is 4.15. The number of hydrogen-bond acceptors (Lipinski definition) is 7. The Morgan fingerprint density at radius 3 is 2.85 bits per heavy atom. The predicted molar refractivity (Wildman–Crippen MR) is 138 cm³/mol. The number of aromatic nitrogens is 4. The summed E-state index contributed by atoms with van der Waals surface area (Å²) in [5.41, 5.74) is 2.64. The van der Waals surface area contributed by atoms with Crippen LogP contribution in [0.1, 0.15) is 51.6 Å². The normalized spacial score (nSPS) is 16.5. The van der Waals surface area contributed by atoms with E-state index in [1.165, 1.54) is 19.4 Å². The summed E-state index contributed by atoms with van der Waals surface area (Å²) in [7, 11) is 4.00. The molecule has 0 aliphatic carbocycles. The van der Waals surface area contributed by atoms with E-state index in [1.807, 2.05) is 12.1 Å². The average molecular weight is 485 g/mol. The van der Waals surface area contributed by atoms with Crippen LogP contribution in [0.25, 0.3) is 22.4 Å². The number of benzene rings is 1. The van der Waals surface area contributed by atoms with Gasteiger partial charge >= 0.3 is 0 Å². The van der Waals surface area contributed by atoms with E-state index in [-0.39, 0.29) is 5.56 Å². The molecule has 1 aliphatic rings. The Morgan fingerprint density at radius 2 is 2.12 bits per heavy atom. The minimum absolute atomic E-state index is 0.185. The summed E-state index contributed by atoms with van der Waals surface area (Å²) < 4.78 is 11.1. The second kappa shape index (κ2) is 11.4. The Balaban J connectivity index is 1.60. The number of ether oxygens (including phenoxy) is 1. The highest BCUT2D eigenvalue weighted by Gasteiger charge is 2.20. The molecule has 8 nitrogen and oxygen atoms in total. The van der Waals surface area contributed by atoms with Crippen LogP contribution in [-0.2, 0) is 13.5 Å². The van der Waals surface area contributed by atoms with Gasteiger partial charge in [-0.05, 0) is 75.8 Å². The fraction of sp³-hybridized carbons (Fsp3) is 0.560. The first-order valence-electron chi connectivity index (χ1n) is 12.3. The number of aryl methyl sites for hydroxylation is 2. The van der Waals surface area contributed by atoms with Crippen molar-refractivity contribution in [3.63, 3.8) is 0 Å². The third-order valence-electron chi connectivity index (χ3n) is 6.36. The van der Waals surface area contributed by atoms with Crippen molar-refractivity contribution < 1.29 is 4.74 Å². The van der Waals surface area contributed by atoms with Crippen molar-refractivity contribution in [2.45, 2.75) is 63.3 Å². The van der Waals surface area contributed by atoms with Gasteiger partial charge in [0.05, 0.1) is 17.9 Å². The topological polar surface area (TPSA) is 88.1 Å². The summed E-state index contributed by atoms with van der Waals surface area (Å²) in [4.78, 5) is 24.3. The van der Waals surface area contributed by atoms with Gasteiger partial charge in [-0.2, -0.15) is 5.10 Å². The van der Waals surface area contributed by atoms with Crippen molar-refractivity contribution in [1.82, 2.24) is 29.4 Å². The third kappa shape index (κ3) is 5.47. The van der Waals surface area contributed by atoms with E-state index in [0.717, 1.165) is 54.1 Å². The van der Waals surface area contributed by atoms with Gasteiger partial charge in [-0.25, -0.2) is 4.98 Å². The van der Waals surface area contributed by atoms with E-state index >= 15 is 0 Å². The summed E-state index contributed by atoms with van der Waals surface area (Å²) >= 11 is 1.61. The third-order valence-corrected chi connectivity index (χ3v) is 7.20. The largest absolute Gasteiger partial charge is 0.493 e. The summed E-state index contributed by atoms with van der Waals surface area (Å²) in [5.74, 6) is 1.24. The number of fused-ring (bicyclic) bond motifs is 1. The van der Waals surface area contributed by atoms with Gasteiger partial charge in [-0.1, -0.05) is 20.3 Å². The molecule has 0 saturated carbocycles. The molecule has 0 spiro atoms. The maximum atomic E-state index is 13.0. The van der Waals surface area contributed by atoms with Gasteiger partial charge in [0, 0.05) is 24.5 Å².